The van der Waals surface area contributed by atoms with Crippen LogP contribution < -0.4 is 0 Å². The summed E-state index contributed by atoms with van der Waals surface area (Å²) in [4.78, 5) is 4.84. The maximum absolute atomic E-state index is 9.46. The molecule has 1 unspecified atom stereocenters. The SMILES string of the molecule is CCC1=NOC(O)(CC)C1. The molecular formula is C7H13NO2. The first-order chi connectivity index (χ1) is 4.70. The van der Waals surface area contributed by atoms with E-state index in [9.17, 15) is 5.11 Å². The molecule has 0 saturated carbocycles. The van der Waals surface area contributed by atoms with Crippen molar-refractivity contribution in [1.29, 1.82) is 0 Å². The van der Waals surface area contributed by atoms with Gasteiger partial charge < -0.3 is 9.94 Å². The minimum Gasteiger partial charge on any atom is -0.360 e. The van der Waals surface area contributed by atoms with Crippen molar-refractivity contribution in [3.63, 3.8) is 0 Å². The summed E-state index contributed by atoms with van der Waals surface area (Å²) >= 11 is 0. The van der Waals surface area contributed by atoms with Gasteiger partial charge in [0.1, 0.15) is 0 Å². The molecule has 0 aromatic heterocycles. The van der Waals surface area contributed by atoms with Crippen LogP contribution in [0.3, 0.4) is 0 Å². The van der Waals surface area contributed by atoms with Crippen LogP contribution in [0.2, 0.25) is 0 Å². The van der Waals surface area contributed by atoms with Gasteiger partial charge in [0.25, 0.3) is 0 Å². The summed E-state index contributed by atoms with van der Waals surface area (Å²) in [6.07, 6.45) is 2.03. The van der Waals surface area contributed by atoms with E-state index in [0.29, 0.717) is 12.8 Å². The maximum atomic E-state index is 9.46. The smallest absolute Gasteiger partial charge is 0.239 e. The Morgan fingerprint density at radius 2 is 2.40 bits per heavy atom. The summed E-state index contributed by atoms with van der Waals surface area (Å²) in [5.41, 5.74) is 0.948. The van der Waals surface area contributed by atoms with Crippen molar-refractivity contribution in [2.24, 2.45) is 5.16 Å². The van der Waals surface area contributed by atoms with Crippen molar-refractivity contribution in [2.45, 2.75) is 38.9 Å². The van der Waals surface area contributed by atoms with Gasteiger partial charge in [0.05, 0.1) is 12.1 Å². The Bertz CT molecular complexity index is 156. The van der Waals surface area contributed by atoms with E-state index >= 15 is 0 Å². The van der Waals surface area contributed by atoms with Gasteiger partial charge >= 0.3 is 0 Å². The van der Waals surface area contributed by atoms with E-state index in [4.69, 9.17) is 4.84 Å². The van der Waals surface area contributed by atoms with Gasteiger partial charge in [-0.15, -0.1) is 0 Å². The van der Waals surface area contributed by atoms with Gasteiger partial charge in [0, 0.05) is 6.42 Å². The van der Waals surface area contributed by atoms with E-state index in [2.05, 4.69) is 5.16 Å². The first kappa shape index (κ1) is 7.54. The molecule has 1 N–H and O–H groups in total. The highest BCUT2D eigenvalue weighted by Gasteiger charge is 2.33. The molecular weight excluding hydrogens is 130 g/mol. The first-order valence-electron chi connectivity index (χ1n) is 3.66. The number of rotatable bonds is 2. The minimum atomic E-state index is -0.995. The lowest BCUT2D eigenvalue weighted by Gasteiger charge is -2.16. The Balaban J connectivity index is 2.49. The highest BCUT2D eigenvalue weighted by Crippen LogP contribution is 2.24. The van der Waals surface area contributed by atoms with E-state index in [1.807, 2.05) is 13.8 Å². The Kier molecular flexibility index (Phi) is 1.94. The molecule has 58 valence electrons. The molecule has 0 radical (unpaired) electrons. The van der Waals surface area contributed by atoms with Crippen LogP contribution in [0, 0.1) is 0 Å². The van der Waals surface area contributed by atoms with Crippen LogP contribution in [0.1, 0.15) is 33.1 Å². The van der Waals surface area contributed by atoms with Crippen LogP contribution in [0.4, 0.5) is 0 Å². The van der Waals surface area contributed by atoms with Crippen LogP contribution >= 0.6 is 0 Å². The Labute approximate surface area is 60.7 Å². The molecule has 0 spiro atoms. The van der Waals surface area contributed by atoms with Crippen LogP contribution in [0.25, 0.3) is 0 Å². The third kappa shape index (κ3) is 1.29. The maximum Gasteiger partial charge on any atom is 0.239 e. The Morgan fingerprint density at radius 3 is 2.70 bits per heavy atom. The summed E-state index contributed by atoms with van der Waals surface area (Å²) in [5.74, 6) is -0.995. The molecule has 0 fully saturated rings. The second-order valence-corrected chi connectivity index (χ2v) is 2.58. The fourth-order valence-corrected chi connectivity index (χ4v) is 0.912. The van der Waals surface area contributed by atoms with Gasteiger partial charge in [0.15, 0.2) is 0 Å². The molecule has 1 rings (SSSR count). The number of nitrogens with zero attached hydrogens (tertiary/aromatic N) is 1. The Hall–Kier alpha value is -0.570. The van der Waals surface area contributed by atoms with E-state index < -0.39 is 5.79 Å². The molecule has 0 bridgehead atoms. The van der Waals surface area contributed by atoms with Gasteiger partial charge in [-0.1, -0.05) is 19.0 Å². The monoisotopic (exact) mass is 143 g/mol. The van der Waals surface area contributed by atoms with Crippen molar-refractivity contribution >= 4 is 5.71 Å². The predicted octanol–water partition coefficient (Wildman–Crippen LogP) is 1.27. The average molecular weight is 143 g/mol. The lowest BCUT2D eigenvalue weighted by Crippen LogP contribution is -2.26. The van der Waals surface area contributed by atoms with Crippen molar-refractivity contribution < 1.29 is 9.94 Å². The lowest BCUT2D eigenvalue weighted by molar-refractivity contribution is -0.186. The van der Waals surface area contributed by atoms with Crippen LogP contribution in [-0.4, -0.2) is 16.6 Å². The normalized spacial score (nSPS) is 31.7. The average Bonchev–Trinajstić information content (AvgIpc) is 2.33. The van der Waals surface area contributed by atoms with Crippen molar-refractivity contribution in [1.82, 2.24) is 0 Å². The van der Waals surface area contributed by atoms with E-state index in [1.54, 1.807) is 0 Å². The number of hydrogen-bond donors (Lipinski definition) is 1. The molecule has 0 amide bonds. The van der Waals surface area contributed by atoms with E-state index in [-0.39, 0.29) is 0 Å². The number of oxime groups is 1. The van der Waals surface area contributed by atoms with Gasteiger partial charge in [-0.2, -0.15) is 0 Å². The summed E-state index contributed by atoms with van der Waals surface area (Å²) in [5, 5.41) is 13.2. The zero-order chi connectivity index (χ0) is 7.61. The molecule has 0 saturated heterocycles. The molecule has 1 atom stereocenters. The third-order valence-corrected chi connectivity index (χ3v) is 1.79. The molecule has 0 aromatic rings. The highest BCUT2D eigenvalue weighted by molar-refractivity contribution is 5.85. The molecule has 1 aliphatic heterocycles. The van der Waals surface area contributed by atoms with Crippen LogP contribution in [-0.2, 0) is 4.84 Å². The fraction of sp³-hybridized carbons (Fsp3) is 0.857. The van der Waals surface area contributed by atoms with Gasteiger partial charge in [-0.3, -0.25) is 0 Å². The molecule has 1 heterocycles. The standard InChI is InChI=1S/C7H13NO2/c1-3-6-5-7(9,4-2)10-8-6/h9H,3-5H2,1-2H3. The van der Waals surface area contributed by atoms with Crippen molar-refractivity contribution in [3.05, 3.63) is 0 Å². The van der Waals surface area contributed by atoms with E-state index in [1.165, 1.54) is 0 Å². The van der Waals surface area contributed by atoms with Crippen molar-refractivity contribution in [3.8, 4) is 0 Å². The summed E-state index contributed by atoms with van der Waals surface area (Å²) < 4.78 is 0. The molecule has 1 aliphatic rings. The summed E-state index contributed by atoms with van der Waals surface area (Å²) in [6.45, 7) is 3.89. The van der Waals surface area contributed by atoms with Gasteiger partial charge in [-0.25, -0.2) is 0 Å². The zero-order valence-electron chi connectivity index (χ0n) is 6.42. The molecule has 3 nitrogen and oxygen atoms in total. The summed E-state index contributed by atoms with van der Waals surface area (Å²) in [6, 6.07) is 0. The van der Waals surface area contributed by atoms with Gasteiger partial charge in [-0.05, 0) is 6.42 Å². The van der Waals surface area contributed by atoms with E-state index in [0.717, 1.165) is 12.1 Å². The van der Waals surface area contributed by atoms with Crippen molar-refractivity contribution in [2.75, 3.05) is 0 Å². The first-order valence-corrected chi connectivity index (χ1v) is 3.66. The fourth-order valence-electron chi connectivity index (χ4n) is 0.912. The van der Waals surface area contributed by atoms with Crippen LogP contribution in [0.5, 0.6) is 0 Å². The molecule has 0 aromatic carbocycles. The molecule has 10 heavy (non-hydrogen) atoms. The highest BCUT2D eigenvalue weighted by atomic mass is 16.7. The Morgan fingerprint density at radius 1 is 1.70 bits per heavy atom. The van der Waals surface area contributed by atoms with Crippen LogP contribution in [0.15, 0.2) is 5.16 Å². The number of hydrogen-bond acceptors (Lipinski definition) is 3. The summed E-state index contributed by atoms with van der Waals surface area (Å²) in [7, 11) is 0. The quantitative estimate of drug-likeness (QED) is 0.632. The van der Waals surface area contributed by atoms with Gasteiger partial charge in [0.2, 0.25) is 5.79 Å². The molecule has 0 aliphatic carbocycles. The lowest BCUT2D eigenvalue weighted by atomic mass is 10.1. The second kappa shape index (κ2) is 2.58. The second-order valence-electron chi connectivity index (χ2n) is 2.58. The third-order valence-electron chi connectivity index (χ3n) is 1.79. The zero-order valence-corrected chi connectivity index (χ0v) is 6.42. The topological polar surface area (TPSA) is 41.8 Å². The number of aliphatic hydroxyl groups is 1. The molecule has 3 heteroatoms. The minimum absolute atomic E-state index is 0.569. The predicted molar refractivity (Wildman–Crippen MR) is 38.7 cm³/mol. The largest absolute Gasteiger partial charge is 0.360 e.